The maximum absolute atomic E-state index is 13.7. The molecule has 0 spiro atoms. The highest BCUT2D eigenvalue weighted by atomic mass is 19.4. The monoisotopic (exact) mass is 603 g/mol. The van der Waals surface area contributed by atoms with E-state index in [1.54, 1.807) is 0 Å². The van der Waals surface area contributed by atoms with Crippen LogP contribution in [0.15, 0.2) is 23.2 Å². The molecular formula is C17H8F19NO. The molecule has 0 aliphatic rings. The van der Waals surface area contributed by atoms with Gasteiger partial charge < -0.3 is 5.11 Å². The Balaban J connectivity index is 3.69. The van der Waals surface area contributed by atoms with Crippen molar-refractivity contribution in [2.75, 3.05) is 0 Å². The van der Waals surface area contributed by atoms with Crippen LogP contribution in [0.4, 0.5) is 83.4 Å². The molecule has 1 aromatic carbocycles. The topological polar surface area (TPSA) is 32.6 Å². The zero-order valence-electron chi connectivity index (χ0n) is 17.4. The van der Waals surface area contributed by atoms with Crippen molar-refractivity contribution in [3.63, 3.8) is 0 Å². The van der Waals surface area contributed by atoms with E-state index in [1.807, 2.05) is 0 Å². The number of phenols is 1. The lowest BCUT2D eigenvalue weighted by atomic mass is 9.88. The number of benzene rings is 1. The summed E-state index contributed by atoms with van der Waals surface area (Å²) in [5.74, 6) is -61.6. The highest BCUT2D eigenvalue weighted by Crippen LogP contribution is 2.65. The minimum atomic E-state index is -8.99. The van der Waals surface area contributed by atoms with Gasteiger partial charge in [0.2, 0.25) is 0 Å². The average molecular weight is 603 g/mol. The summed E-state index contributed by atoms with van der Waals surface area (Å²) in [6, 6.07) is -4.55. The molecule has 0 heterocycles. The summed E-state index contributed by atoms with van der Waals surface area (Å²) in [6.45, 7) is 1.04. The van der Waals surface area contributed by atoms with Gasteiger partial charge in [-0.1, -0.05) is 12.1 Å². The van der Waals surface area contributed by atoms with Gasteiger partial charge in [0.1, 0.15) is 5.75 Å². The van der Waals surface area contributed by atoms with Gasteiger partial charge in [-0.15, -0.1) is 0 Å². The van der Waals surface area contributed by atoms with Crippen molar-refractivity contribution < 1.29 is 88.5 Å². The molecule has 1 N–H and O–H groups in total. The van der Waals surface area contributed by atoms with Crippen LogP contribution in [0.2, 0.25) is 0 Å². The quantitative estimate of drug-likeness (QED) is 0.175. The highest BCUT2D eigenvalue weighted by Gasteiger charge is 2.96. The number of nitrogens with zero attached hydrogens (tertiary/aromatic N) is 1. The number of rotatable bonds is 9. The van der Waals surface area contributed by atoms with Gasteiger partial charge in [-0.2, -0.15) is 83.4 Å². The standard InChI is InChI=1S/C17H8F19NO/c1-6-3-2-4-7(8(6)38)5-37-17(35,36)15(30,31)13(26,27)11(22,23)9(18,19)10(20,21)12(24,25)14(28,29)16(32,33)34/h2-5,38H,1H3/b37-5+. The first-order valence-electron chi connectivity index (χ1n) is 8.83. The van der Waals surface area contributed by atoms with Gasteiger partial charge in [-0.3, -0.25) is 0 Å². The van der Waals surface area contributed by atoms with E-state index in [1.165, 1.54) is 4.99 Å². The zero-order chi connectivity index (χ0) is 30.8. The van der Waals surface area contributed by atoms with E-state index in [-0.39, 0.29) is 5.56 Å². The number of para-hydroxylation sites is 1. The molecule has 0 fully saturated rings. The first-order chi connectivity index (χ1) is 16.4. The Kier molecular flexibility index (Phi) is 7.86. The van der Waals surface area contributed by atoms with E-state index in [9.17, 15) is 88.5 Å². The third-order valence-electron chi connectivity index (χ3n) is 4.73. The van der Waals surface area contributed by atoms with Gasteiger partial charge in [0.05, 0.1) is 0 Å². The minimum Gasteiger partial charge on any atom is -0.507 e. The third kappa shape index (κ3) is 4.37. The molecule has 2 nitrogen and oxygen atoms in total. The van der Waals surface area contributed by atoms with Gasteiger partial charge in [0, 0.05) is 11.8 Å². The Morgan fingerprint density at radius 1 is 0.553 bits per heavy atom. The van der Waals surface area contributed by atoms with Crippen LogP contribution in [0.5, 0.6) is 5.75 Å². The fourth-order valence-corrected chi connectivity index (χ4v) is 2.37. The van der Waals surface area contributed by atoms with Crippen molar-refractivity contribution in [2.45, 2.75) is 60.6 Å². The van der Waals surface area contributed by atoms with Crippen LogP contribution >= 0.6 is 0 Å². The molecule has 0 amide bonds. The van der Waals surface area contributed by atoms with Crippen LogP contribution in [-0.2, 0) is 0 Å². The number of halogens is 19. The summed E-state index contributed by atoms with van der Waals surface area (Å²) in [5.41, 5.74) is -1.25. The zero-order valence-corrected chi connectivity index (χ0v) is 17.4. The second-order valence-corrected chi connectivity index (χ2v) is 7.33. The first kappa shape index (κ1) is 33.4. The maximum Gasteiger partial charge on any atom is 0.460 e. The van der Waals surface area contributed by atoms with Crippen molar-refractivity contribution in [3.05, 3.63) is 29.3 Å². The van der Waals surface area contributed by atoms with Gasteiger partial charge in [0.25, 0.3) is 0 Å². The summed E-state index contributed by atoms with van der Waals surface area (Å²) in [6.07, 6.45) is -8.55. The first-order valence-corrected chi connectivity index (χ1v) is 8.83. The number of aryl methyl sites for hydroxylation is 1. The van der Waals surface area contributed by atoms with Crippen molar-refractivity contribution in [1.82, 2.24) is 0 Å². The largest absolute Gasteiger partial charge is 0.507 e. The number of hydrogen-bond acceptors (Lipinski definition) is 2. The van der Waals surface area contributed by atoms with Crippen LogP contribution < -0.4 is 0 Å². The summed E-state index contributed by atoms with van der Waals surface area (Å²) in [5, 5.41) is 9.50. The van der Waals surface area contributed by atoms with Gasteiger partial charge in [-0.05, 0) is 18.6 Å². The molecule has 0 saturated heterocycles. The van der Waals surface area contributed by atoms with Gasteiger partial charge in [0.15, 0.2) is 0 Å². The Morgan fingerprint density at radius 3 is 1.26 bits per heavy atom. The van der Waals surface area contributed by atoms with Gasteiger partial charge >= 0.3 is 53.7 Å². The Morgan fingerprint density at radius 2 is 0.895 bits per heavy atom. The summed E-state index contributed by atoms with van der Waals surface area (Å²) in [4.78, 5) is 1.41. The van der Waals surface area contributed by atoms with E-state index in [0.29, 0.717) is 6.07 Å². The summed E-state index contributed by atoms with van der Waals surface area (Å²) >= 11 is 0. The molecule has 0 bridgehead atoms. The van der Waals surface area contributed by atoms with Crippen LogP contribution in [0.1, 0.15) is 11.1 Å². The molecule has 21 heteroatoms. The molecule has 1 rings (SSSR count). The van der Waals surface area contributed by atoms with E-state index in [0.717, 1.165) is 19.1 Å². The van der Waals surface area contributed by atoms with Crippen LogP contribution in [0.3, 0.4) is 0 Å². The molecular weight excluding hydrogens is 595 g/mol. The number of alkyl halides is 19. The molecule has 0 atom stereocenters. The molecule has 1 aromatic rings. The highest BCUT2D eigenvalue weighted by molar-refractivity contribution is 5.84. The summed E-state index contributed by atoms with van der Waals surface area (Å²) in [7, 11) is 0. The average Bonchev–Trinajstić information content (AvgIpc) is 2.72. The molecule has 0 saturated carbocycles. The van der Waals surface area contributed by atoms with Crippen molar-refractivity contribution >= 4 is 6.21 Å². The maximum atomic E-state index is 13.7. The lowest BCUT2D eigenvalue weighted by Gasteiger charge is -2.43. The van der Waals surface area contributed by atoms with E-state index in [2.05, 4.69) is 0 Å². The Hall–Kier alpha value is -2.64. The predicted molar refractivity (Wildman–Crippen MR) is 86.1 cm³/mol. The van der Waals surface area contributed by atoms with Crippen LogP contribution in [-0.4, -0.2) is 65.0 Å². The molecule has 0 aliphatic heterocycles. The minimum absolute atomic E-state index is 0.223. The fraction of sp³-hybridized carbons (Fsp3) is 0.588. The van der Waals surface area contributed by atoms with Crippen LogP contribution in [0, 0.1) is 6.92 Å². The van der Waals surface area contributed by atoms with E-state index < -0.39 is 71.2 Å². The molecule has 220 valence electrons. The SMILES string of the molecule is Cc1cccc(/C=N/C(F)(F)C(F)(F)C(F)(F)C(F)(F)C(F)(F)C(F)(F)C(F)(F)C(F)(F)C(F)(F)F)c1O. The molecule has 0 aliphatic carbocycles. The molecule has 0 aromatic heterocycles. The lowest BCUT2D eigenvalue weighted by molar-refractivity contribution is -0.468. The summed E-state index contributed by atoms with van der Waals surface area (Å²) < 4.78 is 251. The smallest absolute Gasteiger partial charge is 0.460 e. The molecule has 38 heavy (non-hydrogen) atoms. The van der Waals surface area contributed by atoms with E-state index in [4.69, 9.17) is 0 Å². The molecule has 0 unspecified atom stereocenters. The van der Waals surface area contributed by atoms with E-state index >= 15 is 0 Å². The lowest BCUT2D eigenvalue weighted by Crippen LogP contribution is -2.75. The van der Waals surface area contributed by atoms with Crippen molar-refractivity contribution in [2.24, 2.45) is 4.99 Å². The second kappa shape index (κ2) is 8.95. The van der Waals surface area contributed by atoms with Crippen molar-refractivity contribution in [3.8, 4) is 5.75 Å². The third-order valence-corrected chi connectivity index (χ3v) is 4.73. The van der Waals surface area contributed by atoms with Gasteiger partial charge in [-0.25, -0.2) is 4.99 Å². The second-order valence-electron chi connectivity index (χ2n) is 7.33. The number of phenolic OH excluding ortho intramolecular Hbond substituents is 1. The predicted octanol–water partition coefficient (Wildman–Crippen LogP) is 7.72. The Labute approximate surface area is 196 Å². The normalized spacial score (nSPS) is 15.9. The van der Waals surface area contributed by atoms with Crippen molar-refractivity contribution in [1.29, 1.82) is 0 Å². The molecule has 0 radical (unpaired) electrons. The van der Waals surface area contributed by atoms with Crippen LogP contribution in [0.25, 0.3) is 0 Å². The fourth-order valence-electron chi connectivity index (χ4n) is 2.37. The number of aromatic hydroxyl groups is 1. The number of aliphatic imine (C=N–C) groups is 1. The Bertz CT molecular complexity index is 1060. The number of hydrogen-bond donors (Lipinski definition) is 1.